The van der Waals surface area contributed by atoms with Crippen LogP contribution in [0.5, 0.6) is 5.75 Å². The number of nitrogens with one attached hydrogen (secondary N) is 1. The van der Waals surface area contributed by atoms with Crippen LogP contribution in [0.1, 0.15) is 0 Å². The second kappa shape index (κ2) is 4.17. The molecule has 0 unspecified atom stereocenters. The summed E-state index contributed by atoms with van der Waals surface area (Å²) in [7, 11) is 1.82. The molecule has 0 bridgehead atoms. The van der Waals surface area contributed by atoms with Crippen molar-refractivity contribution in [3.63, 3.8) is 0 Å². The molecule has 2 heterocycles. The van der Waals surface area contributed by atoms with Gasteiger partial charge in [-0.1, -0.05) is 11.6 Å². The molecule has 0 spiro atoms. The van der Waals surface area contributed by atoms with Crippen LogP contribution in [0.4, 0.5) is 0 Å². The number of hydrogen-bond acceptors (Lipinski definition) is 2. The van der Waals surface area contributed by atoms with Crippen molar-refractivity contribution >= 4 is 22.5 Å². The Balaban J connectivity index is 2.42. The molecule has 0 aliphatic carbocycles. The number of benzene rings is 1. The number of fused-ring (bicyclic) bond motifs is 1. The van der Waals surface area contributed by atoms with E-state index >= 15 is 0 Å². The number of hydrogen-bond donors (Lipinski definition) is 2. The van der Waals surface area contributed by atoms with Crippen LogP contribution >= 0.6 is 11.6 Å². The SMILES string of the molecule is Cn1cccc1-c1c(O)c2ccc(Cl)cc2[nH]c1=O. The maximum atomic E-state index is 12.1. The van der Waals surface area contributed by atoms with Gasteiger partial charge in [-0.05, 0) is 30.3 Å². The van der Waals surface area contributed by atoms with Gasteiger partial charge in [0.15, 0.2) is 0 Å². The Morgan fingerprint density at radius 1 is 1.32 bits per heavy atom. The molecule has 2 aromatic heterocycles. The summed E-state index contributed by atoms with van der Waals surface area (Å²) in [4.78, 5) is 14.9. The van der Waals surface area contributed by atoms with E-state index in [1.54, 1.807) is 28.8 Å². The van der Waals surface area contributed by atoms with E-state index in [4.69, 9.17) is 11.6 Å². The highest BCUT2D eigenvalue weighted by molar-refractivity contribution is 6.31. The second-order valence-corrected chi connectivity index (χ2v) is 4.81. The molecule has 0 aliphatic rings. The van der Waals surface area contributed by atoms with Crippen LogP contribution in [0.2, 0.25) is 5.02 Å². The Morgan fingerprint density at radius 2 is 2.11 bits per heavy atom. The fourth-order valence-corrected chi connectivity index (χ4v) is 2.38. The van der Waals surface area contributed by atoms with Crippen molar-refractivity contribution in [2.24, 2.45) is 7.05 Å². The van der Waals surface area contributed by atoms with Gasteiger partial charge in [-0.3, -0.25) is 4.79 Å². The van der Waals surface area contributed by atoms with E-state index in [2.05, 4.69) is 4.98 Å². The van der Waals surface area contributed by atoms with Gasteiger partial charge in [-0.25, -0.2) is 0 Å². The third kappa shape index (κ3) is 1.81. The summed E-state index contributed by atoms with van der Waals surface area (Å²) >= 11 is 5.88. The molecular weight excluding hydrogens is 264 g/mol. The van der Waals surface area contributed by atoms with Crippen molar-refractivity contribution in [3.05, 3.63) is 51.9 Å². The van der Waals surface area contributed by atoms with Crippen LogP contribution in [0.15, 0.2) is 41.3 Å². The highest BCUT2D eigenvalue weighted by atomic mass is 35.5. The molecule has 4 nitrogen and oxygen atoms in total. The van der Waals surface area contributed by atoms with Gasteiger partial charge in [-0.2, -0.15) is 0 Å². The number of nitrogens with zero attached hydrogens (tertiary/aromatic N) is 1. The van der Waals surface area contributed by atoms with Crippen LogP contribution in [0.25, 0.3) is 22.2 Å². The van der Waals surface area contributed by atoms with Crippen molar-refractivity contribution in [2.75, 3.05) is 0 Å². The Labute approximate surface area is 113 Å². The number of H-pyrrole nitrogens is 1. The lowest BCUT2D eigenvalue weighted by Crippen LogP contribution is -2.11. The van der Waals surface area contributed by atoms with Crippen molar-refractivity contribution in [3.8, 4) is 17.0 Å². The summed E-state index contributed by atoms with van der Waals surface area (Å²) in [5.41, 5.74) is 1.11. The molecule has 3 rings (SSSR count). The standard InChI is InChI=1S/C14H11ClN2O2/c1-17-6-2-3-11(17)12-13(18)9-5-4-8(15)7-10(9)16-14(12)19/h2-7H,1H3,(H2,16,18,19). The van der Waals surface area contributed by atoms with Crippen molar-refractivity contribution < 1.29 is 5.11 Å². The molecule has 2 N–H and O–H groups in total. The molecule has 19 heavy (non-hydrogen) atoms. The van der Waals surface area contributed by atoms with Gasteiger partial charge in [0.1, 0.15) is 11.3 Å². The molecule has 3 aromatic rings. The number of pyridine rings is 1. The minimum Gasteiger partial charge on any atom is -0.506 e. The summed E-state index contributed by atoms with van der Waals surface area (Å²) in [6, 6.07) is 8.59. The Kier molecular flexibility index (Phi) is 2.61. The molecule has 1 aromatic carbocycles. The molecule has 0 fully saturated rings. The highest BCUT2D eigenvalue weighted by Crippen LogP contribution is 2.32. The zero-order chi connectivity index (χ0) is 13.6. The average molecular weight is 275 g/mol. The minimum absolute atomic E-state index is 0.0304. The van der Waals surface area contributed by atoms with Gasteiger partial charge in [0.25, 0.3) is 5.56 Å². The number of aromatic hydroxyl groups is 1. The number of rotatable bonds is 1. The van der Waals surface area contributed by atoms with E-state index in [1.165, 1.54) is 0 Å². The first-order valence-electron chi connectivity index (χ1n) is 5.74. The van der Waals surface area contributed by atoms with Crippen molar-refractivity contribution in [1.82, 2.24) is 9.55 Å². The largest absolute Gasteiger partial charge is 0.506 e. The molecule has 5 heteroatoms. The van der Waals surface area contributed by atoms with Crippen LogP contribution in [-0.4, -0.2) is 14.7 Å². The van der Waals surface area contributed by atoms with E-state index in [-0.39, 0.29) is 16.9 Å². The van der Waals surface area contributed by atoms with Crippen molar-refractivity contribution in [1.29, 1.82) is 0 Å². The summed E-state index contributed by atoms with van der Waals surface area (Å²) in [5, 5.41) is 11.4. The predicted octanol–water partition coefficient (Wildman–Crippen LogP) is 2.89. The quantitative estimate of drug-likeness (QED) is 0.717. The smallest absolute Gasteiger partial charge is 0.261 e. The summed E-state index contributed by atoms with van der Waals surface area (Å²) in [6.07, 6.45) is 1.82. The Morgan fingerprint density at radius 3 is 2.79 bits per heavy atom. The number of halogens is 1. The first-order chi connectivity index (χ1) is 9.08. The molecule has 0 saturated heterocycles. The summed E-state index contributed by atoms with van der Waals surface area (Å²) in [5.74, 6) is -0.0304. The first-order valence-corrected chi connectivity index (χ1v) is 6.12. The first kappa shape index (κ1) is 11.9. The lowest BCUT2D eigenvalue weighted by molar-refractivity contribution is 0.482. The second-order valence-electron chi connectivity index (χ2n) is 4.37. The molecule has 0 saturated carbocycles. The predicted molar refractivity (Wildman–Crippen MR) is 75.7 cm³/mol. The topological polar surface area (TPSA) is 58.0 Å². The molecular formula is C14H11ClN2O2. The maximum absolute atomic E-state index is 12.1. The Hall–Kier alpha value is -2.20. The van der Waals surface area contributed by atoms with Gasteiger partial charge < -0.3 is 14.7 Å². The van der Waals surface area contributed by atoms with Gasteiger partial charge in [0, 0.05) is 23.7 Å². The summed E-state index contributed by atoms with van der Waals surface area (Å²) in [6.45, 7) is 0. The fourth-order valence-electron chi connectivity index (χ4n) is 2.21. The maximum Gasteiger partial charge on any atom is 0.261 e. The zero-order valence-electron chi connectivity index (χ0n) is 10.1. The lowest BCUT2D eigenvalue weighted by Gasteiger charge is -2.08. The van der Waals surface area contributed by atoms with E-state index in [0.717, 1.165) is 0 Å². The van der Waals surface area contributed by atoms with E-state index in [1.807, 2.05) is 19.3 Å². The molecule has 0 radical (unpaired) electrons. The van der Waals surface area contributed by atoms with Gasteiger partial charge in [0.05, 0.1) is 11.2 Å². The van der Waals surface area contributed by atoms with Gasteiger partial charge >= 0.3 is 0 Å². The van der Waals surface area contributed by atoms with Crippen molar-refractivity contribution in [2.45, 2.75) is 0 Å². The fraction of sp³-hybridized carbons (Fsp3) is 0.0714. The molecule has 0 atom stereocenters. The third-order valence-electron chi connectivity index (χ3n) is 3.15. The van der Waals surface area contributed by atoms with Gasteiger partial charge in [0.2, 0.25) is 0 Å². The minimum atomic E-state index is -0.339. The lowest BCUT2D eigenvalue weighted by atomic mass is 10.1. The zero-order valence-corrected chi connectivity index (χ0v) is 10.9. The number of aromatic amines is 1. The van der Waals surface area contributed by atoms with E-state index < -0.39 is 0 Å². The monoisotopic (exact) mass is 274 g/mol. The molecule has 0 aliphatic heterocycles. The number of aromatic nitrogens is 2. The van der Waals surface area contributed by atoms with E-state index in [0.29, 0.717) is 21.6 Å². The average Bonchev–Trinajstić information content (AvgIpc) is 2.75. The molecule has 0 amide bonds. The summed E-state index contributed by atoms with van der Waals surface area (Å²) < 4.78 is 1.78. The van der Waals surface area contributed by atoms with Gasteiger partial charge in [-0.15, -0.1) is 0 Å². The third-order valence-corrected chi connectivity index (χ3v) is 3.38. The van der Waals surface area contributed by atoms with Crippen LogP contribution < -0.4 is 5.56 Å². The number of aryl methyl sites for hydroxylation is 1. The van der Waals surface area contributed by atoms with E-state index in [9.17, 15) is 9.90 Å². The Bertz CT molecular complexity index is 833. The van der Waals surface area contributed by atoms with Crippen LogP contribution in [-0.2, 0) is 7.05 Å². The highest BCUT2D eigenvalue weighted by Gasteiger charge is 2.15. The van der Waals surface area contributed by atoms with Crippen LogP contribution in [0.3, 0.4) is 0 Å². The molecule has 96 valence electrons. The van der Waals surface area contributed by atoms with Crippen LogP contribution in [0, 0.1) is 0 Å². The normalized spacial score (nSPS) is 11.1.